The fraction of sp³-hybridized carbons (Fsp3) is 0.417. The van der Waals surface area contributed by atoms with E-state index in [9.17, 15) is 9.90 Å². The lowest BCUT2D eigenvalue weighted by molar-refractivity contribution is 0.0734. The van der Waals surface area contributed by atoms with Gasteiger partial charge in [0.15, 0.2) is 5.78 Å². The van der Waals surface area contributed by atoms with Crippen molar-refractivity contribution in [2.75, 3.05) is 14.2 Å². The van der Waals surface area contributed by atoms with Crippen LogP contribution in [0.2, 0.25) is 0 Å². The highest BCUT2D eigenvalue weighted by molar-refractivity contribution is 6.04. The van der Waals surface area contributed by atoms with Gasteiger partial charge in [-0.05, 0) is 18.6 Å². The summed E-state index contributed by atoms with van der Waals surface area (Å²) in [5.74, 6) is 0.450. The fourth-order valence-corrected chi connectivity index (χ4v) is 1.45. The summed E-state index contributed by atoms with van der Waals surface area (Å²) in [4.78, 5) is 11.9. The SMILES string of the molecule is CCC(O)C(=O)c1c(OC)cccc1OC. The third-order valence-corrected chi connectivity index (χ3v) is 2.36. The van der Waals surface area contributed by atoms with Crippen molar-refractivity contribution in [1.82, 2.24) is 0 Å². The topological polar surface area (TPSA) is 55.8 Å². The van der Waals surface area contributed by atoms with Gasteiger partial charge in [0, 0.05) is 0 Å². The second-order valence-corrected chi connectivity index (χ2v) is 3.33. The van der Waals surface area contributed by atoms with Gasteiger partial charge in [0.25, 0.3) is 0 Å². The number of methoxy groups -OCH3 is 2. The highest BCUT2D eigenvalue weighted by Crippen LogP contribution is 2.29. The fourth-order valence-electron chi connectivity index (χ4n) is 1.45. The number of aliphatic hydroxyl groups excluding tert-OH is 1. The summed E-state index contributed by atoms with van der Waals surface area (Å²) in [5.41, 5.74) is 0.293. The minimum Gasteiger partial charge on any atom is -0.496 e. The van der Waals surface area contributed by atoms with Gasteiger partial charge in [-0.15, -0.1) is 0 Å². The molecule has 1 aromatic carbocycles. The first kappa shape index (κ1) is 12.5. The molecule has 0 aliphatic carbocycles. The molecular weight excluding hydrogens is 208 g/mol. The monoisotopic (exact) mass is 224 g/mol. The van der Waals surface area contributed by atoms with Crippen molar-refractivity contribution in [3.63, 3.8) is 0 Å². The minimum atomic E-state index is -1.02. The van der Waals surface area contributed by atoms with E-state index in [0.717, 1.165) is 0 Å². The maximum absolute atomic E-state index is 11.9. The first-order valence-corrected chi connectivity index (χ1v) is 5.09. The van der Waals surface area contributed by atoms with Crippen molar-refractivity contribution in [2.45, 2.75) is 19.4 Å². The van der Waals surface area contributed by atoms with Crippen LogP contribution in [0.15, 0.2) is 18.2 Å². The average Bonchev–Trinajstić information content (AvgIpc) is 2.35. The van der Waals surface area contributed by atoms with Crippen LogP contribution in [0.4, 0.5) is 0 Å². The lowest BCUT2D eigenvalue weighted by atomic mass is 10.0. The molecule has 0 bridgehead atoms. The molecule has 1 unspecified atom stereocenters. The first-order chi connectivity index (χ1) is 7.65. The van der Waals surface area contributed by atoms with Crippen molar-refractivity contribution >= 4 is 5.78 Å². The van der Waals surface area contributed by atoms with Gasteiger partial charge in [0.1, 0.15) is 23.2 Å². The summed E-state index contributed by atoms with van der Waals surface area (Å²) >= 11 is 0. The molecule has 1 atom stereocenters. The standard InChI is InChI=1S/C12H16O4/c1-4-8(13)12(14)11-9(15-2)6-5-7-10(11)16-3/h5-8,13H,4H2,1-3H3. The lowest BCUT2D eigenvalue weighted by Gasteiger charge is -2.14. The number of hydrogen-bond donors (Lipinski definition) is 1. The summed E-state index contributed by atoms with van der Waals surface area (Å²) in [6.45, 7) is 1.74. The number of carbonyl (C=O) groups excluding carboxylic acids is 1. The van der Waals surface area contributed by atoms with E-state index < -0.39 is 6.10 Å². The molecule has 16 heavy (non-hydrogen) atoms. The van der Waals surface area contributed by atoms with Crippen LogP contribution >= 0.6 is 0 Å². The van der Waals surface area contributed by atoms with Crippen LogP contribution in [0, 0.1) is 0 Å². The molecule has 0 aromatic heterocycles. The van der Waals surface area contributed by atoms with Crippen LogP contribution in [-0.2, 0) is 0 Å². The van der Waals surface area contributed by atoms with E-state index in [0.29, 0.717) is 23.5 Å². The van der Waals surface area contributed by atoms with Crippen LogP contribution in [0.5, 0.6) is 11.5 Å². The van der Waals surface area contributed by atoms with Crippen molar-refractivity contribution in [2.24, 2.45) is 0 Å². The van der Waals surface area contributed by atoms with Crippen LogP contribution in [-0.4, -0.2) is 31.2 Å². The van der Waals surface area contributed by atoms with E-state index in [1.54, 1.807) is 25.1 Å². The van der Waals surface area contributed by atoms with Gasteiger partial charge in [-0.3, -0.25) is 4.79 Å². The van der Waals surface area contributed by atoms with Gasteiger partial charge >= 0.3 is 0 Å². The summed E-state index contributed by atoms with van der Waals surface area (Å²) in [6, 6.07) is 5.06. The molecule has 4 nitrogen and oxygen atoms in total. The summed E-state index contributed by atoms with van der Waals surface area (Å²) in [6.07, 6.45) is -0.662. The normalized spacial score (nSPS) is 12.0. The Hall–Kier alpha value is -1.55. The quantitative estimate of drug-likeness (QED) is 0.773. The van der Waals surface area contributed by atoms with Crippen LogP contribution < -0.4 is 9.47 Å². The Morgan fingerprint density at radius 3 is 2.19 bits per heavy atom. The number of hydrogen-bond acceptors (Lipinski definition) is 4. The zero-order valence-corrected chi connectivity index (χ0v) is 9.69. The molecule has 0 fully saturated rings. The Morgan fingerprint density at radius 2 is 1.81 bits per heavy atom. The van der Waals surface area contributed by atoms with Crippen molar-refractivity contribution in [3.8, 4) is 11.5 Å². The van der Waals surface area contributed by atoms with Gasteiger partial charge in [0.2, 0.25) is 0 Å². The number of carbonyl (C=O) groups is 1. The molecule has 1 N–H and O–H groups in total. The van der Waals surface area contributed by atoms with E-state index in [1.165, 1.54) is 14.2 Å². The van der Waals surface area contributed by atoms with E-state index in [2.05, 4.69) is 0 Å². The molecule has 1 aromatic rings. The zero-order chi connectivity index (χ0) is 12.1. The van der Waals surface area contributed by atoms with Gasteiger partial charge in [-0.1, -0.05) is 13.0 Å². The molecule has 0 saturated carbocycles. The minimum absolute atomic E-state index is 0.293. The number of aliphatic hydroxyl groups is 1. The van der Waals surface area contributed by atoms with Crippen LogP contribution in [0.25, 0.3) is 0 Å². The molecule has 0 radical (unpaired) electrons. The van der Waals surface area contributed by atoms with E-state index in [-0.39, 0.29) is 5.78 Å². The summed E-state index contributed by atoms with van der Waals surface area (Å²) < 4.78 is 10.2. The molecule has 0 heterocycles. The Kier molecular flexibility index (Phi) is 4.31. The second kappa shape index (κ2) is 5.51. The van der Waals surface area contributed by atoms with Crippen molar-refractivity contribution < 1.29 is 19.4 Å². The molecular formula is C12H16O4. The van der Waals surface area contributed by atoms with Gasteiger partial charge < -0.3 is 14.6 Å². The summed E-state index contributed by atoms with van der Waals surface area (Å²) in [5, 5.41) is 9.56. The van der Waals surface area contributed by atoms with Crippen LogP contribution in [0.1, 0.15) is 23.7 Å². The predicted molar refractivity (Wildman–Crippen MR) is 60.2 cm³/mol. The summed E-state index contributed by atoms with van der Waals surface area (Å²) in [7, 11) is 2.95. The maximum atomic E-state index is 11.9. The van der Waals surface area contributed by atoms with E-state index in [4.69, 9.17) is 9.47 Å². The molecule has 0 spiro atoms. The Labute approximate surface area is 94.8 Å². The van der Waals surface area contributed by atoms with E-state index >= 15 is 0 Å². The number of ketones is 1. The van der Waals surface area contributed by atoms with Gasteiger partial charge in [-0.25, -0.2) is 0 Å². The number of rotatable bonds is 5. The smallest absolute Gasteiger partial charge is 0.198 e. The van der Waals surface area contributed by atoms with Crippen molar-refractivity contribution in [1.29, 1.82) is 0 Å². The van der Waals surface area contributed by atoms with Crippen LogP contribution in [0.3, 0.4) is 0 Å². The largest absolute Gasteiger partial charge is 0.496 e. The first-order valence-electron chi connectivity index (χ1n) is 5.09. The highest BCUT2D eigenvalue weighted by atomic mass is 16.5. The predicted octanol–water partition coefficient (Wildman–Crippen LogP) is 1.66. The third kappa shape index (κ3) is 2.33. The molecule has 0 amide bonds. The molecule has 0 aliphatic heterocycles. The number of ether oxygens (including phenoxy) is 2. The second-order valence-electron chi connectivity index (χ2n) is 3.33. The zero-order valence-electron chi connectivity index (χ0n) is 9.69. The molecule has 88 valence electrons. The molecule has 4 heteroatoms. The van der Waals surface area contributed by atoms with E-state index in [1.807, 2.05) is 0 Å². The Balaban J connectivity index is 3.23. The number of benzene rings is 1. The molecule has 0 saturated heterocycles. The van der Waals surface area contributed by atoms with Gasteiger partial charge in [0.05, 0.1) is 14.2 Å². The Bertz CT molecular complexity index is 351. The molecule has 1 rings (SSSR count). The third-order valence-electron chi connectivity index (χ3n) is 2.36. The highest BCUT2D eigenvalue weighted by Gasteiger charge is 2.23. The molecule has 0 aliphatic rings. The lowest BCUT2D eigenvalue weighted by Crippen LogP contribution is -2.20. The maximum Gasteiger partial charge on any atom is 0.198 e. The number of Topliss-reactive ketones (excluding diaryl/α,β-unsaturated/α-hetero) is 1. The van der Waals surface area contributed by atoms with Gasteiger partial charge in [-0.2, -0.15) is 0 Å². The van der Waals surface area contributed by atoms with Crippen molar-refractivity contribution in [3.05, 3.63) is 23.8 Å². The average molecular weight is 224 g/mol. The Morgan fingerprint density at radius 1 is 1.31 bits per heavy atom.